The first-order valence-electron chi connectivity index (χ1n) is 6.38. The molecule has 88 valence electrons. The third-order valence-corrected chi connectivity index (χ3v) is 3.76. The smallest absolute Gasteiger partial charge is 0.189 e. The first kappa shape index (κ1) is 10.7. The van der Waals surface area contributed by atoms with Crippen LogP contribution in [-0.2, 0) is 6.42 Å². The zero-order chi connectivity index (χ0) is 11.7. The minimum atomic E-state index is 0.249. The van der Waals surface area contributed by atoms with Crippen LogP contribution in [0.2, 0.25) is 0 Å². The minimum Gasteiger partial charge on any atom is -0.317 e. The summed E-state index contributed by atoms with van der Waals surface area (Å²) in [6, 6.07) is 7.97. The van der Waals surface area contributed by atoms with E-state index in [1.807, 2.05) is 18.2 Å². The molecule has 17 heavy (non-hydrogen) atoms. The Labute approximate surface area is 102 Å². The maximum Gasteiger partial charge on any atom is 0.189 e. The maximum atomic E-state index is 12.2. The topological polar surface area (TPSA) is 29.1 Å². The molecule has 1 N–H and O–H groups in total. The molecule has 1 fully saturated rings. The monoisotopic (exact) mass is 227 g/mol. The van der Waals surface area contributed by atoms with Gasteiger partial charge in [-0.2, -0.15) is 0 Å². The molecule has 1 aliphatic carbocycles. The number of nitrogens with one attached hydrogen (secondary N) is 1. The fourth-order valence-electron chi connectivity index (χ4n) is 2.78. The summed E-state index contributed by atoms with van der Waals surface area (Å²) in [4.78, 5) is 12.2. The number of rotatable bonds is 1. The highest BCUT2D eigenvalue weighted by atomic mass is 16.1. The fraction of sp³-hybridized carbons (Fsp3) is 0.400. The van der Waals surface area contributed by atoms with Crippen molar-refractivity contribution in [3.05, 3.63) is 47.0 Å². The Morgan fingerprint density at radius 3 is 2.71 bits per heavy atom. The lowest BCUT2D eigenvalue weighted by atomic mass is 9.94. The van der Waals surface area contributed by atoms with E-state index < -0.39 is 0 Å². The predicted octanol–water partition coefficient (Wildman–Crippen LogP) is 2.35. The van der Waals surface area contributed by atoms with Crippen molar-refractivity contribution in [1.29, 1.82) is 0 Å². The molecule has 0 atom stereocenters. The molecule has 1 saturated heterocycles. The molecule has 2 nitrogen and oxygen atoms in total. The van der Waals surface area contributed by atoms with Gasteiger partial charge in [0.1, 0.15) is 0 Å². The number of carbonyl (C=O) groups is 1. The fourth-order valence-corrected chi connectivity index (χ4v) is 2.78. The molecule has 0 bridgehead atoms. The first-order chi connectivity index (χ1) is 8.34. The van der Waals surface area contributed by atoms with Crippen LogP contribution in [0, 0.1) is 5.92 Å². The van der Waals surface area contributed by atoms with Crippen LogP contribution in [0.4, 0.5) is 0 Å². The average molecular weight is 227 g/mol. The van der Waals surface area contributed by atoms with E-state index in [-0.39, 0.29) is 5.78 Å². The predicted molar refractivity (Wildman–Crippen MR) is 68.2 cm³/mol. The summed E-state index contributed by atoms with van der Waals surface area (Å²) in [6.07, 6.45) is 5.38. The van der Waals surface area contributed by atoms with Gasteiger partial charge in [-0.3, -0.25) is 4.79 Å². The lowest BCUT2D eigenvalue weighted by molar-refractivity contribution is 0.103. The third kappa shape index (κ3) is 2.05. The molecule has 0 amide bonds. The summed E-state index contributed by atoms with van der Waals surface area (Å²) in [6.45, 7) is 2.16. The van der Waals surface area contributed by atoms with Crippen molar-refractivity contribution in [2.75, 3.05) is 13.1 Å². The van der Waals surface area contributed by atoms with E-state index in [0.717, 1.165) is 43.5 Å². The number of fused-ring (bicyclic) bond motifs is 1. The molecule has 1 heterocycles. The van der Waals surface area contributed by atoms with Gasteiger partial charge in [0.15, 0.2) is 5.78 Å². The number of Topliss-reactive ketones (excluding diaryl/α,β-unsaturated/α-hetero) is 1. The Bertz CT molecular complexity index is 470. The van der Waals surface area contributed by atoms with Crippen LogP contribution < -0.4 is 5.32 Å². The van der Waals surface area contributed by atoms with Crippen LogP contribution in [0.3, 0.4) is 0 Å². The normalized spacial score (nSPS) is 23.1. The standard InChI is InChI=1S/C15H17NO/c17-15-13(9-11-5-7-16-8-6-11)10-12-3-1-2-4-14(12)15/h1-4,9,11,16H,5-8,10H2. The molecule has 0 aromatic heterocycles. The van der Waals surface area contributed by atoms with E-state index in [0.29, 0.717) is 5.92 Å². The number of allylic oxidation sites excluding steroid dienone is 2. The van der Waals surface area contributed by atoms with Crippen LogP contribution in [-0.4, -0.2) is 18.9 Å². The summed E-state index contributed by atoms with van der Waals surface area (Å²) in [5.41, 5.74) is 3.11. The first-order valence-corrected chi connectivity index (χ1v) is 6.38. The summed E-state index contributed by atoms with van der Waals surface area (Å²) in [5, 5.41) is 3.35. The highest BCUT2D eigenvalue weighted by Crippen LogP contribution is 2.28. The van der Waals surface area contributed by atoms with Gasteiger partial charge in [-0.1, -0.05) is 30.3 Å². The Hall–Kier alpha value is -1.41. The number of hydrogen-bond acceptors (Lipinski definition) is 2. The van der Waals surface area contributed by atoms with Crippen molar-refractivity contribution in [2.45, 2.75) is 19.3 Å². The van der Waals surface area contributed by atoms with Gasteiger partial charge < -0.3 is 5.32 Å². The van der Waals surface area contributed by atoms with E-state index in [1.165, 1.54) is 5.56 Å². The molecular formula is C15H17NO. The van der Waals surface area contributed by atoms with Gasteiger partial charge in [0.25, 0.3) is 0 Å². The molecular weight excluding hydrogens is 210 g/mol. The maximum absolute atomic E-state index is 12.2. The third-order valence-electron chi connectivity index (χ3n) is 3.76. The van der Waals surface area contributed by atoms with Gasteiger partial charge in [-0.05, 0) is 37.4 Å². The van der Waals surface area contributed by atoms with Gasteiger partial charge in [-0.15, -0.1) is 0 Å². The summed E-state index contributed by atoms with van der Waals surface area (Å²) in [5.74, 6) is 0.837. The molecule has 3 rings (SSSR count). The summed E-state index contributed by atoms with van der Waals surface area (Å²) in [7, 11) is 0. The van der Waals surface area contributed by atoms with Gasteiger partial charge >= 0.3 is 0 Å². The van der Waals surface area contributed by atoms with Gasteiger partial charge in [-0.25, -0.2) is 0 Å². The molecule has 1 aromatic rings. The quantitative estimate of drug-likeness (QED) is 0.746. The SMILES string of the molecule is O=C1C(=CC2CCNCC2)Cc2ccccc21. The van der Waals surface area contributed by atoms with Crippen molar-refractivity contribution in [3.63, 3.8) is 0 Å². The summed E-state index contributed by atoms with van der Waals surface area (Å²) < 4.78 is 0. The second-order valence-electron chi connectivity index (χ2n) is 4.94. The van der Waals surface area contributed by atoms with E-state index in [4.69, 9.17) is 0 Å². The Kier molecular flexibility index (Phi) is 2.81. The lowest BCUT2D eigenvalue weighted by Crippen LogP contribution is -2.27. The lowest BCUT2D eigenvalue weighted by Gasteiger charge is -2.19. The molecule has 2 heteroatoms. The molecule has 1 aromatic carbocycles. The van der Waals surface area contributed by atoms with Gasteiger partial charge in [0, 0.05) is 17.6 Å². The minimum absolute atomic E-state index is 0.249. The summed E-state index contributed by atoms with van der Waals surface area (Å²) >= 11 is 0. The zero-order valence-corrected chi connectivity index (χ0v) is 9.91. The van der Waals surface area contributed by atoms with Crippen LogP contribution >= 0.6 is 0 Å². The zero-order valence-electron chi connectivity index (χ0n) is 9.91. The van der Waals surface area contributed by atoms with Crippen LogP contribution in [0.5, 0.6) is 0 Å². The second-order valence-corrected chi connectivity index (χ2v) is 4.94. The average Bonchev–Trinajstić information content (AvgIpc) is 2.68. The Morgan fingerprint density at radius 2 is 1.94 bits per heavy atom. The Morgan fingerprint density at radius 1 is 1.18 bits per heavy atom. The van der Waals surface area contributed by atoms with Crippen molar-refractivity contribution < 1.29 is 4.79 Å². The van der Waals surface area contributed by atoms with E-state index in [2.05, 4.69) is 17.5 Å². The number of hydrogen-bond donors (Lipinski definition) is 1. The molecule has 0 unspecified atom stereocenters. The van der Waals surface area contributed by atoms with Crippen molar-refractivity contribution in [3.8, 4) is 0 Å². The number of piperidine rings is 1. The van der Waals surface area contributed by atoms with Crippen molar-refractivity contribution in [2.24, 2.45) is 5.92 Å². The molecule has 0 saturated carbocycles. The van der Waals surface area contributed by atoms with Gasteiger partial charge in [0.2, 0.25) is 0 Å². The number of benzene rings is 1. The van der Waals surface area contributed by atoms with Crippen LogP contribution in [0.15, 0.2) is 35.9 Å². The largest absolute Gasteiger partial charge is 0.317 e. The number of ketones is 1. The highest BCUT2D eigenvalue weighted by molar-refractivity contribution is 6.13. The van der Waals surface area contributed by atoms with E-state index in [1.54, 1.807) is 0 Å². The van der Waals surface area contributed by atoms with Crippen LogP contribution in [0.1, 0.15) is 28.8 Å². The van der Waals surface area contributed by atoms with Crippen molar-refractivity contribution in [1.82, 2.24) is 5.32 Å². The Balaban J connectivity index is 1.83. The van der Waals surface area contributed by atoms with Crippen molar-refractivity contribution >= 4 is 5.78 Å². The molecule has 0 spiro atoms. The van der Waals surface area contributed by atoms with E-state index >= 15 is 0 Å². The van der Waals surface area contributed by atoms with Gasteiger partial charge in [0.05, 0.1) is 0 Å². The molecule has 0 radical (unpaired) electrons. The second kappa shape index (κ2) is 4.46. The van der Waals surface area contributed by atoms with E-state index in [9.17, 15) is 4.79 Å². The van der Waals surface area contributed by atoms with Crippen LogP contribution in [0.25, 0.3) is 0 Å². The molecule has 2 aliphatic rings. The molecule has 1 aliphatic heterocycles. The highest BCUT2D eigenvalue weighted by Gasteiger charge is 2.25. The number of carbonyl (C=O) groups excluding carboxylic acids is 1.